The van der Waals surface area contributed by atoms with E-state index in [9.17, 15) is 0 Å². The van der Waals surface area contributed by atoms with Gasteiger partial charge in [0.15, 0.2) is 0 Å². The first-order valence-corrected chi connectivity index (χ1v) is 12.3. The van der Waals surface area contributed by atoms with Gasteiger partial charge in [0.25, 0.3) is 0 Å². The van der Waals surface area contributed by atoms with Gasteiger partial charge in [-0.15, -0.1) is 0 Å². The van der Waals surface area contributed by atoms with Crippen molar-refractivity contribution in [3.05, 3.63) is 102 Å². The predicted octanol–water partition coefficient (Wildman–Crippen LogP) is 2.55. The second-order valence-electron chi connectivity index (χ2n) is 6.52. The maximum atomic E-state index is 2.41. The molecule has 23 heavy (non-hydrogen) atoms. The van der Waals surface area contributed by atoms with Crippen LogP contribution in [0.3, 0.4) is 0 Å². The third-order valence-corrected chi connectivity index (χ3v) is 16.6. The van der Waals surface area contributed by atoms with Crippen LogP contribution < -0.4 is 18.4 Å². The summed E-state index contributed by atoms with van der Waals surface area (Å²) in [5.74, 6) is 0. The second-order valence-corrected chi connectivity index (χ2v) is 16.7. The molecule has 0 unspecified atom stereocenters. The quantitative estimate of drug-likeness (QED) is 0.456. The van der Waals surface area contributed by atoms with Gasteiger partial charge >= 0.3 is 144 Å². The molecule has 0 bridgehead atoms. The molecule has 0 saturated carbocycles. The van der Waals surface area contributed by atoms with E-state index >= 15 is 0 Å². The zero-order chi connectivity index (χ0) is 16.3. The first kappa shape index (κ1) is 16.3. The summed E-state index contributed by atoms with van der Waals surface area (Å²) in [6.45, 7) is 7.24. The van der Waals surface area contributed by atoms with Crippen LogP contribution in [0.1, 0.15) is 20.8 Å². The summed E-state index contributed by atoms with van der Waals surface area (Å²) >= 11 is -2.70. The van der Waals surface area contributed by atoms with E-state index in [4.69, 9.17) is 0 Å². The molecule has 0 aromatic heterocycles. The van der Waals surface area contributed by atoms with Gasteiger partial charge in [-0.2, -0.15) is 0 Å². The molecule has 3 rings (SSSR count). The topological polar surface area (TPSA) is 0 Å². The van der Waals surface area contributed by atoms with Gasteiger partial charge in [0.1, 0.15) is 0 Å². The van der Waals surface area contributed by atoms with Crippen molar-refractivity contribution in [1.82, 2.24) is 0 Å². The van der Waals surface area contributed by atoms with Crippen molar-refractivity contribution in [3.63, 3.8) is 0 Å². The minimum absolute atomic E-state index is 0.205. The van der Waals surface area contributed by atoms with Crippen molar-refractivity contribution >= 4 is 0 Å². The first-order chi connectivity index (χ1) is 11.1. The molecule has 0 fully saturated rings. The van der Waals surface area contributed by atoms with E-state index in [2.05, 4.69) is 112 Å². The molecule has 0 atom stereocenters. The Bertz CT molecular complexity index is 644. The first-order valence-electron chi connectivity index (χ1n) is 7.99. The van der Waals surface area contributed by atoms with Gasteiger partial charge in [0.05, 0.1) is 0 Å². The maximum absolute atomic E-state index is 2.70. The van der Waals surface area contributed by atoms with Crippen LogP contribution in [0, 0.1) is 10.7 Å². The molecule has 0 heterocycles. The number of hydrogen-bond acceptors (Lipinski definition) is 0. The molecule has 0 aliphatic carbocycles. The number of halogens is 1. The standard InChI is InChI=1S/C22H24I/c1-22(2,3)23(19-13-7-4-8-14-19,20-15-9-5-10-16-20)21-17-11-6-12-18-21/h4-18H,1-3H3/q-1. The van der Waals surface area contributed by atoms with Crippen LogP contribution in [0.15, 0.2) is 91.0 Å². The van der Waals surface area contributed by atoms with Crippen molar-refractivity contribution in [2.75, 3.05) is 0 Å². The van der Waals surface area contributed by atoms with E-state index in [1.165, 1.54) is 10.7 Å². The second kappa shape index (κ2) is 6.48. The molecule has 3 aromatic rings. The van der Waals surface area contributed by atoms with Crippen LogP contribution in [0.2, 0.25) is 0 Å². The molecule has 0 radical (unpaired) electrons. The monoisotopic (exact) mass is 415 g/mol. The molecule has 0 N–H and O–H groups in total. The van der Waals surface area contributed by atoms with Crippen molar-refractivity contribution in [1.29, 1.82) is 0 Å². The van der Waals surface area contributed by atoms with Crippen LogP contribution >= 0.6 is 0 Å². The Morgan fingerprint density at radius 2 is 0.739 bits per heavy atom. The van der Waals surface area contributed by atoms with Gasteiger partial charge in [-0.25, -0.2) is 0 Å². The van der Waals surface area contributed by atoms with E-state index in [0.717, 1.165) is 0 Å². The summed E-state index contributed by atoms with van der Waals surface area (Å²) < 4.78 is 4.76. The Balaban J connectivity index is 2.41. The molecule has 3 aromatic carbocycles. The van der Waals surface area contributed by atoms with Gasteiger partial charge in [-0.3, -0.25) is 0 Å². The van der Waals surface area contributed by atoms with Crippen LogP contribution in [0.25, 0.3) is 0 Å². The molecular weight excluding hydrogens is 391 g/mol. The average molecular weight is 415 g/mol. The van der Waals surface area contributed by atoms with Gasteiger partial charge < -0.3 is 0 Å². The van der Waals surface area contributed by atoms with Crippen molar-refractivity contribution in [2.24, 2.45) is 0 Å². The fourth-order valence-electron chi connectivity index (χ4n) is 3.17. The normalized spacial score (nSPS) is 12.8. The zero-order valence-corrected chi connectivity index (χ0v) is 16.2. The van der Waals surface area contributed by atoms with E-state index in [0.29, 0.717) is 0 Å². The molecule has 0 aliphatic rings. The number of hydrogen-bond donors (Lipinski definition) is 0. The van der Waals surface area contributed by atoms with Crippen molar-refractivity contribution < 1.29 is 18.4 Å². The summed E-state index contributed by atoms with van der Waals surface area (Å²) in [4.78, 5) is 0. The Morgan fingerprint density at radius 3 is 0.957 bits per heavy atom. The summed E-state index contributed by atoms with van der Waals surface area (Å²) in [5.41, 5.74) is 0. The van der Waals surface area contributed by atoms with E-state index in [1.54, 1.807) is 0 Å². The Kier molecular flexibility index (Phi) is 4.58. The van der Waals surface area contributed by atoms with Gasteiger partial charge in [-0.05, 0) is 0 Å². The Labute approximate surface area is 144 Å². The molecule has 1 heteroatoms. The summed E-state index contributed by atoms with van der Waals surface area (Å²) in [6.07, 6.45) is 0. The molecule has 0 spiro atoms. The Morgan fingerprint density at radius 1 is 0.478 bits per heavy atom. The summed E-state index contributed by atoms with van der Waals surface area (Å²) in [7, 11) is 0. The van der Waals surface area contributed by atoms with Gasteiger partial charge in [0.2, 0.25) is 0 Å². The van der Waals surface area contributed by atoms with E-state index in [1.807, 2.05) is 0 Å². The van der Waals surface area contributed by atoms with E-state index in [-0.39, 0.29) is 3.42 Å². The third kappa shape index (κ3) is 2.83. The fraction of sp³-hybridized carbons (Fsp3) is 0.182. The van der Waals surface area contributed by atoms with Gasteiger partial charge in [0, 0.05) is 0 Å². The molecule has 0 saturated heterocycles. The van der Waals surface area contributed by atoms with Crippen molar-refractivity contribution in [3.8, 4) is 0 Å². The molecule has 120 valence electrons. The van der Waals surface area contributed by atoms with Crippen LogP contribution in [0.4, 0.5) is 0 Å². The molecule has 0 aliphatic heterocycles. The predicted molar refractivity (Wildman–Crippen MR) is 95.2 cm³/mol. The summed E-state index contributed by atoms with van der Waals surface area (Å²) in [5, 5.41) is 0. The summed E-state index contributed by atoms with van der Waals surface area (Å²) in [6, 6.07) is 33.5. The minimum atomic E-state index is -2.70. The molecule has 0 nitrogen and oxygen atoms in total. The SMILES string of the molecule is CC(C)(C)[I-](c1ccccc1)(c1ccccc1)c1ccccc1. The van der Waals surface area contributed by atoms with Gasteiger partial charge in [-0.1, -0.05) is 0 Å². The average Bonchev–Trinajstić information content (AvgIpc) is 2.57. The molecular formula is C22H24I-. The Hall–Kier alpha value is -1.61. The number of rotatable bonds is 3. The van der Waals surface area contributed by atoms with Crippen LogP contribution in [-0.2, 0) is 0 Å². The van der Waals surface area contributed by atoms with Crippen LogP contribution in [-0.4, -0.2) is 3.42 Å². The zero-order valence-electron chi connectivity index (χ0n) is 14.0. The number of alkyl halides is 1. The molecule has 0 amide bonds. The van der Waals surface area contributed by atoms with Crippen molar-refractivity contribution in [2.45, 2.75) is 24.2 Å². The number of benzene rings is 3. The van der Waals surface area contributed by atoms with E-state index < -0.39 is 18.4 Å². The fourth-order valence-corrected chi connectivity index (χ4v) is 15.4. The third-order valence-electron chi connectivity index (χ3n) is 4.03. The van der Waals surface area contributed by atoms with Crippen LogP contribution in [0.5, 0.6) is 0 Å².